The van der Waals surface area contributed by atoms with E-state index < -0.39 is 5.60 Å². The van der Waals surface area contributed by atoms with Crippen molar-refractivity contribution in [1.29, 1.82) is 0 Å². The average Bonchev–Trinajstić information content (AvgIpc) is 2.69. The topological polar surface area (TPSA) is 50.4 Å². The molecule has 2 aliphatic carbocycles. The molecule has 3 unspecified atom stereocenters. The Morgan fingerprint density at radius 1 is 1.09 bits per heavy atom. The van der Waals surface area contributed by atoms with Crippen LogP contribution in [0.15, 0.2) is 12.2 Å². The molecule has 23 heavy (non-hydrogen) atoms. The van der Waals surface area contributed by atoms with Crippen LogP contribution in [-0.4, -0.2) is 30.3 Å². The number of amides is 1. The lowest BCUT2D eigenvalue weighted by Gasteiger charge is -2.30. The molecule has 0 spiro atoms. The van der Waals surface area contributed by atoms with Gasteiger partial charge in [-0.05, 0) is 65.3 Å². The van der Waals surface area contributed by atoms with Crippen LogP contribution < -0.4 is 10.6 Å². The summed E-state index contributed by atoms with van der Waals surface area (Å²) >= 11 is 0. The second-order valence-corrected chi connectivity index (χ2v) is 8.06. The molecule has 4 nitrogen and oxygen atoms in total. The van der Waals surface area contributed by atoms with E-state index in [1.165, 1.54) is 38.5 Å². The summed E-state index contributed by atoms with van der Waals surface area (Å²) in [5.41, 5.74) is -0.438. The molecule has 1 saturated carbocycles. The highest BCUT2D eigenvalue weighted by Crippen LogP contribution is 2.21. The lowest BCUT2D eigenvalue weighted by Crippen LogP contribution is -2.51. The monoisotopic (exact) mass is 322 g/mol. The van der Waals surface area contributed by atoms with Gasteiger partial charge in [-0.3, -0.25) is 0 Å². The fraction of sp³-hybridized carbons (Fsp3) is 0.842. The fourth-order valence-electron chi connectivity index (χ4n) is 3.54. The third-order valence-electron chi connectivity index (χ3n) is 4.76. The molecule has 2 aliphatic rings. The van der Waals surface area contributed by atoms with Gasteiger partial charge in [0.1, 0.15) is 5.60 Å². The normalized spacial score (nSPS) is 28.9. The van der Waals surface area contributed by atoms with E-state index in [9.17, 15) is 4.79 Å². The lowest BCUT2D eigenvalue weighted by atomic mass is 9.93. The first-order valence-electron chi connectivity index (χ1n) is 9.32. The van der Waals surface area contributed by atoms with Crippen LogP contribution in [0.4, 0.5) is 4.79 Å². The van der Waals surface area contributed by atoms with E-state index in [4.69, 9.17) is 4.74 Å². The summed E-state index contributed by atoms with van der Waals surface area (Å²) in [6, 6.07) is 0.558. The summed E-state index contributed by atoms with van der Waals surface area (Å²) in [5, 5.41) is 6.86. The summed E-state index contributed by atoms with van der Waals surface area (Å²) in [4.78, 5) is 12.1. The maximum Gasteiger partial charge on any atom is 0.407 e. The summed E-state index contributed by atoms with van der Waals surface area (Å²) in [5.74, 6) is 0.741. The second kappa shape index (κ2) is 8.72. The third kappa shape index (κ3) is 6.94. The molecule has 4 heteroatoms. The van der Waals surface area contributed by atoms with Gasteiger partial charge in [-0.2, -0.15) is 0 Å². The smallest absolute Gasteiger partial charge is 0.407 e. The molecule has 1 amide bonds. The van der Waals surface area contributed by atoms with Crippen LogP contribution in [0, 0.1) is 5.92 Å². The number of carbonyl (C=O) groups excluding carboxylic acids is 1. The zero-order chi connectivity index (χ0) is 16.7. The molecular formula is C19H34N2O2. The van der Waals surface area contributed by atoms with Crippen LogP contribution in [0.1, 0.15) is 72.1 Å². The second-order valence-electron chi connectivity index (χ2n) is 8.06. The van der Waals surface area contributed by atoms with E-state index in [-0.39, 0.29) is 12.1 Å². The van der Waals surface area contributed by atoms with Crippen LogP contribution in [0.5, 0.6) is 0 Å². The van der Waals surface area contributed by atoms with E-state index in [2.05, 4.69) is 22.8 Å². The minimum atomic E-state index is -0.438. The molecule has 132 valence electrons. The van der Waals surface area contributed by atoms with Crippen molar-refractivity contribution in [3.63, 3.8) is 0 Å². The van der Waals surface area contributed by atoms with Gasteiger partial charge in [0, 0.05) is 12.1 Å². The van der Waals surface area contributed by atoms with Gasteiger partial charge in [0.2, 0.25) is 0 Å². The van der Waals surface area contributed by atoms with Crippen molar-refractivity contribution >= 4 is 6.09 Å². The Balaban J connectivity index is 1.85. The lowest BCUT2D eigenvalue weighted by molar-refractivity contribution is 0.0489. The number of allylic oxidation sites excluding steroid dienone is 2. The van der Waals surface area contributed by atoms with Crippen LogP contribution in [-0.2, 0) is 4.74 Å². The van der Waals surface area contributed by atoms with Gasteiger partial charge in [-0.15, -0.1) is 0 Å². The summed E-state index contributed by atoms with van der Waals surface area (Å²) < 4.78 is 5.44. The van der Waals surface area contributed by atoms with E-state index in [0.29, 0.717) is 6.04 Å². The average molecular weight is 322 g/mol. The van der Waals surface area contributed by atoms with Gasteiger partial charge in [-0.1, -0.05) is 31.4 Å². The quantitative estimate of drug-likeness (QED) is 0.603. The SMILES string of the molecule is CC(C)(C)OC(=O)NC1CCCCCC1NCC1CC=CCC1. The van der Waals surface area contributed by atoms with Crippen molar-refractivity contribution in [3.8, 4) is 0 Å². The Kier molecular flexibility index (Phi) is 6.94. The van der Waals surface area contributed by atoms with E-state index in [0.717, 1.165) is 25.3 Å². The van der Waals surface area contributed by atoms with Gasteiger partial charge in [0.25, 0.3) is 0 Å². The van der Waals surface area contributed by atoms with Gasteiger partial charge in [0.15, 0.2) is 0 Å². The van der Waals surface area contributed by atoms with Crippen molar-refractivity contribution in [3.05, 3.63) is 12.2 Å². The molecule has 0 radical (unpaired) electrons. The Morgan fingerprint density at radius 2 is 1.83 bits per heavy atom. The van der Waals surface area contributed by atoms with E-state index in [1.807, 2.05) is 20.8 Å². The van der Waals surface area contributed by atoms with Crippen molar-refractivity contribution in [2.45, 2.75) is 89.8 Å². The summed E-state index contributed by atoms with van der Waals surface area (Å²) in [6.07, 6.45) is 13.9. The molecule has 2 rings (SSSR count). The Labute approximate surface area is 141 Å². The highest BCUT2D eigenvalue weighted by molar-refractivity contribution is 5.68. The molecular weight excluding hydrogens is 288 g/mol. The van der Waals surface area contributed by atoms with Gasteiger partial charge >= 0.3 is 6.09 Å². The van der Waals surface area contributed by atoms with Crippen LogP contribution in [0.25, 0.3) is 0 Å². The molecule has 3 atom stereocenters. The first-order chi connectivity index (χ1) is 10.9. The van der Waals surface area contributed by atoms with Crippen molar-refractivity contribution < 1.29 is 9.53 Å². The molecule has 0 bridgehead atoms. The van der Waals surface area contributed by atoms with Gasteiger partial charge < -0.3 is 15.4 Å². The first-order valence-corrected chi connectivity index (χ1v) is 9.32. The molecule has 1 fully saturated rings. The minimum Gasteiger partial charge on any atom is -0.444 e. The van der Waals surface area contributed by atoms with Crippen LogP contribution in [0.3, 0.4) is 0 Å². The van der Waals surface area contributed by atoms with Crippen LogP contribution in [0.2, 0.25) is 0 Å². The number of carbonyl (C=O) groups is 1. The fourth-order valence-corrected chi connectivity index (χ4v) is 3.54. The third-order valence-corrected chi connectivity index (χ3v) is 4.76. The van der Waals surface area contributed by atoms with Gasteiger partial charge in [-0.25, -0.2) is 4.79 Å². The summed E-state index contributed by atoms with van der Waals surface area (Å²) in [6.45, 7) is 6.78. The number of alkyl carbamates (subject to hydrolysis) is 1. The van der Waals surface area contributed by atoms with Crippen LogP contribution >= 0.6 is 0 Å². The van der Waals surface area contributed by atoms with E-state index in [1.54, 1.807) is 0 Å². The van der Waals surface area contributed by atoms with Crippen molar-refractivity contribution in [1.82, 2.24) is 10.6 Å². The standard InChI is InChI=1S/C19H34N2O2/c1-19(2,3)23-18(22)21-17-13-9-5-8-12-16(17)20-14-15-10-6-4-7-11-15/h4,6,15-17,20H,5,7-14H2,1-3H3,(H,21,22). The molecule has 0 aromatic carbocycles. The number of nitrogens with one attached hydrogen (secondary N) is 2. The molecule has 0 aliphatic heterocycles. The molecule has 0 saturated heterocycles. The molecule has 2 N–H and O–H groups in total. The van der Waals surface area contributed by atoms with Crippen molar-refractivity contribution in [2.75, 3.05) is 6.54 Å². The zero-order valence-electron chi connectivity index (χ0n) is 15.1. The van der Waals surface area contributed by atoms with E-state index >= 15 is 0 Å². The minimum absolute atomic E-state index is 0.187. The highest BCUT2D eigenvalue weighted by Gasteiger charge is 2.27. The zero-order valence-corrected chi connectivity index (χ0v) is 15.1. The number of hydrogen-bond acceptors (Lipinski definition) is 3. The number of rotatable bonds is 4. The Hall–Kier alpha value is -1.03. The highest BCUT2D eigenvalue weighted by atomic mass is 16.6. The van der Waals surface area contributed by atoms with Gasteiger partial charge in [0.05, 0.1) is 0 Å². The Morgan fingerprint density at radius 3 is 2.48 bits per heavy atom. The predicted molar refractivity (Wildman–Crippen MR) is 94.5 cm³/mol. The van der Waals surface area contributed by atoms with Crippen molar-refractivity contribution in [2.24, 2.45) is 5.92 Å². The molecule has 0 heterocycles. The molecule has 0 aromatic heterocycles. The predicted octanol–water partition coefficient (Wildman–Crippen LogP) is 4.16. The Bertz CT molecular complexity index is 401. The number of hydrogen-bond donors (Lipinski definition) is 2. The first kappa shape index (κ1) is 18.3. The molecule has 0 aromatic rings. The summed E-state index contributed by atoms with van der Waals surface area (Å²) in [7, 11) is 0. The maximum atomic E-state index is 12.1. The maximum absolute atomic E-state index is 12.1. The largest absolute Gasteiger partial charge is 0.444 e. The number of ether oxygens (including phenoxy) is 1.